The van der Waals surface area contributed by atoms with Crippen LogP contribution < -0.4 is 5.32 Å². The van der Waals surface area contributed by atoms with E-state index in [0.717, 1.165) is 0 Å². The molecule has 1 N–H and O–H groups in total. The minimum absolute atomic E-state index is 0.275. The van der Waals surface area contributed by atoms with Crippen LogP contribution in [0.1, 0.15) is 31.1 Å². The maximum atomic E-state index is 13.0. The largest absolute Gasteiger partial charge is 0.347 e. The van der Waals surface area contributed by atoms with Crippen molar-refractivity contribution in [3.8, 4) is 0 Å². The second kappa shape index (κ2) is 4.31. The number of carbonyl (C=O) groups excluding carboxylic acids is 1. The van der Waals surface area contributed by atoms with E-state index in [2.05, 4.69) is 21.2 Å². The molecule has 0 aliphatic heterocycles. The van der Waals surface area contributed by atoms with Gasteiger partial charge >= 0.3 is 0 Å². The monoisotopic (exact) mass is 273 g/mol. The average Bonchev–Trinajstić information content (AvgIpc) is 1.98. The van der Waals surface area contributed by atoms with E-state index in [1.807, 2.05) is 20.8 Å². The van der Waals surface area contributed by atoms with Crippen LogP contribution in [0.3, 0.4) is 0 Å². The predicted molar refractivity (Wildman–Crippen MR) is 61.3 cm³/mol. The van der Waals surface area contributed by atoms with Crippen molar-refractivity contribution in [2.75, 3.05) is 0 Å². The van der Waals surface area contributed by atoms with Gasteiger partial charge < -0.3 is 5.32 Å². The standard InChI is InChI=1S/C11H13BrFNO/c1-11(2,3)14-10(15)7-4-8(12)6-9(13)5-7/h4-6H,1-3H3,(H,14,15). The second-order valence-corrected chi connectivity index (χ2v) is 5.28. The summed E-state index contributed by atoms with van der Waals surface area (Å²) in [6.07, 6.45) is 0. The molecule has 0 saturated heterocycles. The molecule has 4 heteroatoms. The quantitative estimate of drug-likeness (QED) is 0.837. The Bertz CT molecular complexity index is 364. The third-order valence-electron chi connectivity index (χ3n) is 1.61. The number of nitrogens with one attached hydrogen (secondary N) is 1. The first kappa shape index (κ1) is 12.2. The van der Waals surface area contributed by atoms with Crippen molar-refractivity contribution >= 4 is 21.8 Å². The summed E-state index contributed by atoms with van der Waals surface area (Å²) < 4.78 is 13.6. The van der Waals surface area contributed by atoms with Crippen LogP contribution >= 0.6 is 15.9 Å². The van der Waals surface area contributed by atoms with Crippen LogP contribution in [0.2, 0.25) is 0 Å². The van der Waals surface area contributed by atoms with Gasteiger partial charge in [-0.3, -0.25) is 4.79 Å². The Hall–Kier alpha value is -0.900. The first-order valence-electron chi connectivity index (χ1n) is 4.56. The lowest BCUT2D eigenvalue weighted by Gasteiger charge is -2.20. The average molecular weight is 274 g/mol. The molecule has 1 aromatic carbocycles. The number of amides is 1. The maximum Gasteiger partial charge on any atom is 0.251 e. The smallest absolute Gasteiger partial charge is 0.251 e. The van der Waals surface area contributed by atoms with Gasteiger partial charge in [0.05, 0.1) is 0 Å². The molecule has 0 aliphatic carbocycles. The third kappa shape index (κ3) is 4.00. The van der Waals surface area contributed by atoms with Gasteiger partial charge in [0.25, 0.3) is 5.91 Å². The van der Waals surface area contributed by atoms with E-state index in [0.29, 0.717) is 10.0 Å². The van der Waals surface area contributed by atoms with Crippen LogP contribution in [-0.4, -0.2) is 11.4 Å². The van der Waals surface area contributed by atoms with E-state index in [-0.39, 0.29) is 11.4 Å². The Morgan fingerprint density at radius 3 is 2.40 bits per heavy atom. The van der Waals surface area contributed by atoms with E-state index < -0.39 is 5.82 Å². The maximum absolute atomic E-state index is 13.0. The molecule has 0 aliphatic rings. The molecular formula is C11H13BrFNO. The van der Waals surface area contributed by atoms with Crippen LogP contribution in [0.25, 0.3) is 0 Å². The van der Waals surface area contributed by atoms with Gasteiger partial charge in [0.2, 0.25) is 0 Å². The number of hydrogen-bond donors (Lipinski definition) is 1. The molecule has 0 unspecified atom stereocenters. The number of hydrogen-bond acceptors (Lipinski definition) is 1. The zero-order chi connectivity index (χ0) is 11.6. The van der Waals surface area contributed by atoms with Gasteiger partial charge in [-0.1, -0.05) is 15.9 Å². The summed E-state index contributed by atoms with van der Waals surface area (Å²) in [5.74, 6) is -0.703. The van der Waals surface area contributed by atoms with Crippen molar-refractivity contribution in [1.82, 2.24) is 5.32 Å². The summed E-state index contributed by atoms with van der Waals surface area (Å²) >= 11 is 3.14. The lowest BCUT2D eigenvalue weighted by Crippen LogP contribution is -2.40. The molecular weight excluding hydrogens is 261 g/mol. The molecule has 0 fully saturated rings. The zero-order valence-electron chi connectivity index (χ0n) is 8.90. The fraction of sp³-hybridized carbons (Fsp3) is 0.364. The van der Waals surface area contributed by atoms with E-state index in [1.54, 1.807) is 6.07 Å². The highest BCUT2D eigenvalue weighted by atomic mass is 79.9. The van der Waals surface area contributed by atoms with Gasteiger partial charge in [0, 0.05) is 15.6 Å². The Morgan fingerprint density at radius 1 is 1.33 bits per heavy atom. The van der Waals surface area contributed by atoms with Crippen molar-refractivity contribution in [3.05, 3.63) is 34.1 Å². The Kier molecular flexibility index (Phi) is 3.50. The topological polar surface area (TPSA) is 29.1 Å². The highest BCUT2D eigenvalue weighted by Crippen LogP contribution is 2.15. The molecule has 15 heavy (non-hydrogen) atoms. The molecule has 0 radical (unpaired) electrons. The molecule has 82 valence electrons. The van der Waals surface area contributed by atoms with Gasteiger partial charge in [-0.2, -0.15) is 0 Å². The summed E-state index contributed by atoms with van der Waals surface area (Å²) in [7, 11) is 0. The van der Waals surface area contributed by atoms with E-state index in [1.165, 1.54) is 12.1 Å². The minimum Gasteiger partial charge on any atom is -0.347 e. The molecule has 0 atom stereocenters. The van der Waals surface area contributed by atoms with Gasteiger partial charge in [-0.05, 0) is 39.0 Å². The van der Waals surface area contributed by atoms with Gasteiger partial charge in [-0.25, -0.2) is 4.39 Å². The summed E-state index contributed by atoms with van der Waals surface area (Å²) in [5.41, 5.74) is -0.00705. The van der Waals surface area contributed by atoms with Gasteiger partial charge in [0.15, 0.2) is 0 Å². The minimum atomic E-state index is -0.427. The van der Waals surface area contributed by atoms with Crippen molar-refractivity contribution in [2.45, 2.75) is 26.3 Å². The van der Waals surface area contributed by atoms with Gasteiger partial charge in [0.1, 0.15) is 5.82 Å². The number of halogens is 2. The van der Waals surface area contributed by atoms with Crippen LogP contribution in [-0.2, 0) is 0 Å². The molecule has 1 amide bonds. The Labute approximate surface area is 97.0 Å². The molecule has 0 aromatic heterocycles. The number of rotatable bonds is 1. The van der Waals surface area contributed by atoms with Crippen LogP contribution in [0, 0.1) is 5.82 Å². The SMILES string of the molecule is CC(C)(C)NC(=O)c1cc(F)cc(Br)c1. The summed E-state index contributed by atoms with van der Waals surface area (Å²) in [6.45, 7) is 5.62. The first-order chi connectivity index (χ1) is 6.78. The third-order valence-corrected chi connectivity index (χ3v) is 2.07. The van der Waals surface area contributed by atoms with Crippen molar-refractivity contribution in [2.24, 2.45) is 0 Å². The summed E-state index contributed by atoms with van der Waals surface area (Å²) in [4.78, 5) is 11.7. The Morgan fingerprint density at radius 2 is 1.93 bits per heavy atom. The predicted octanol–water partition coefficient (Wildman–Crippen LogP) is 3.12. The second-order valence-electron chi connectivity index (χ2n) is 4.36. The van der Waals surface area contributed by atoms with E-state index in [4.69, 9.17) is 0 Å². The molecule has 0 heterocycles. The van der Waals surface area contributed by atoms with E-state index >= 15 is 0 Å². The van der Waals surface area contributed by atoms with Crippen molar-refractivity contribution in [1.29, 1.82) is 0 Å². The fourth-order valence-electron chi connectivity index (χ4n) is 1.10. The Balaban J connectivity index is 2.92. The van der Waals surface area contributed by atoms with Crippen molar-refractivity contribution in [3.63, 3.8) is 0 Å². The summed E-state index contributed by atoms with van der Waals surface area (Å²) in [5, 5.41) is 2.76. The molecule has 0 spiro atoms. The molecule has 1 aromatic rings. The van der Waals surface area contributed by atoms with Crippen molar-refractivity contribution < 1.29 is 9.18 Å². The molecule has 2 nitrogen and oxygen atoms in total. The molecule has 0 bridgehead atoms. The normalized spacial score (nSPS) is 11.3. The number of benzene rings is 1. The lowest BCUT2D eigenvalue weighted by molar-refractivity contribution is 0.0919. The molecule has 1 rings (SSSR count). The highest BCUT2D eigenvalue weighted by molar-refractivity contribution is 9.10. The van der Waals surface area contributed by atoms with Gasteiger partial charge in [-0.15, -0.1) is 0 Å². The summed E-state index contributed by atoms with van der Waals surface area (Å²) in [6, 6.07) is 4.11. The zero-order valence-corrected chi connectivity index (χ0v) is 10.5. The van der Waals surface area contributed by atoms with Crippen LogP contribution in [0.4, 0.5) is 4.39 Å². The van der Waals surface area contributed by atoms with Crippen LogP contribution in [0.5, 0.6) is 0 Å². The van der Waals surface area contributed by atoms with E-state index in [9.17, 15) is 9.18 Å². The lowest BCUT2D eigenvalue weighted by atomic mass is 10.1. The fourth-order valence-corrected chi connectivity index (χ4v) is 1.56. The molecule has 0 saturated carbocycles. The van der Waals surface area contributed by atoms with Crippen LogP contribution in [0.15, 0.2) is 22.7 Å². The number of carbonyl (C=O) groups is 1. The highest BCUT2D eigenvalue weighted by Gasteiger charge is 2.15. The first-order valence-corrected chi connectivity index (χ1v) is 5.36.